The van der Waals surface area contributed by atoms with Crippen molar-refractivity contribution in [1.82, 2.24) is 9.61 Å². The molecule has 0 radical (unpaired) electrons. The Labute approximate surface area is 138 Å². The van der Waals surface area contributed by atoms with Crippen molar-refractivity contribution < 1.29 is 14.3 Å². The predicted octanol–water partition coefficient (Wildman–Crippen LogP) is 3.74. The van der Waals surface area contributed by atoms with Gasteiger partial charge < -0.3 is 9.47 Å². The number of pyridine rings is 1. The number of hydrogen-bond acceptors (Lipinski definition) is 4. The Morgan fingerprint density at radius 3 is 2.70 bits per heavy atom. The lowest BCUT2D eigenvalue weighted by molar-refractivity contribution is 0.0523. The van der Waals surface area contributed by atoms with Crippen LogP contribution < -0.4 is 4.74 Å². The number of aromatic nitrogens is 2. The molecule has 118 valence electrons. The van der Waals surface area contributed by atoms with Gasteiger partial charge in [-0.05, 0) is 24.6 Å². The van der Waals surface area contributed by atoms with Crippen molar-refractivity contribution in [2.24, 2.45) is 0 Å². The monoisotopic (exact) mass is 330 g/mol. The first-order valence-electron chi connectivity index (χ1n) is 7.21. The van der Waals surface area contributed by atoms with Gasteiger partial charge in [-0.15, -0.1) is 5.10 Å². The third kappa shape index (κ3) is 3.14. The summed E-state index contributed by atoms with van der Waals surface area (Å²) < 4.78 is 12.3. The summed E-state index contributed by atoms with van der Waals surface area (Å²) >= 11 is 6.13. The maximum atomic E-state index is 12.3. The number of nitrogens with zero attached hydrogens (tertiary/aromatic N) is 2. The first kappa shape index (κ1) is 15.4. The van der Waals surface area contributed by atoms with E-state index in [1.165, 1.54) is 4.52 Å². The van der Waals surface area contributed by atoms with Crippen LogP contribution in [0.4, 0.5) is 0 Å². The van der Waals surface area contributed by atoms with E-state index in [0.29, 0.717) is 17.3 Å². The number of benzene rings is 1. The number of halogens is 1. The molecule has 0 atom stereocenters. The molecule has 0 aliphatic heterocycles. The zero-order chi connectivity index (χ0) is 16.2. The molecular weight excluding hydrogens is 316 g/mol. The molecule has 2 aromatic heterocycles. The zero-order valence-electron chi connectivity index (χ0n) is 12.5. The molecule has 0 saturated heterocycles. The van der Waals surface area contributed by atoms with Crippen molar-refractivity contribution in [3.05, 3.63) is 64.8 Å². The Hall–Kier alpha value is -2.53. The van der Waals surface area contributed by atoms with Gasteiger partial charge in [0.25, 0.3) is 0 Å². The van der Waals surface area contributed by atoms with Crippen LogP contribution in [0.1, 0.15) is 22.8 Å². The molecule has 0 amide bonds. The van der Waals surface area contributed by atoms with Gasteiger partial charge in [-0.2, -0.15) is 0 Å². The van der Waals surface area contributed by atoms with Crippen LogP contribution in [0.3, 0.4) is 0 Å². The zero-order valence-corrected chi connectivity index (χ0v) is 13.3. The lowest BCUT2D eigenvalue weighted by Crippen LogP contribution is -2.07. The molecular formula is C17H15ClN2O3. The first-order chi connectivity index (χ1) is 11.2. The van der Waals surface area contributed by atoms with Crippen molar-refractivity contribution in [2.45, 2.75) is 13.5 Å². The van der Waals surface area contributed by atoms with Gasteiger partial charge in [0, 0.05) is 0 Å². The van der Waals surface area contributed by atoms with Crippen molar-refractivity contribution >= 4 is 23.1 Å². The average Bonchev–Trinajstić information content (AvgIpc) is 2.94. The van der Waals surface area contributed by atoms with Gasteiger partial charge >= 0.3 is 5.97 Å². The summed E-state index contributed by atoms with van der Waals surface area (Å²) in [6.45, 7) is 2.32. The van der Waals surface area contributed by atoms with E-state index in [1.807, 2.05) is 30.3 Å². The van der Waals surface area contributed by atoms with E-state index in [4.69, 9.17) is 21.1 Å². The quantitative estimate of drug-likeness (QED) is 0.528. The predicted molar refractivity (Wildman–Crippen MR) is 86.9 cm³/mol. The van der Waals surface area contributed by atoms with Crippen LogP contribution in [0.25, 0.3) is 5.52 Å². The Kier molecular flexibility index (Phi) is 4.48. The van der Waals surface area contributed by atoms with Gasteiger partial charge in [-0.25, -0.2) is 9.31 Å². The van der Waals surface area contributed by atoms with Crippen LogP contribution in [0.5, 0.6) is 5.88 Å². The number of carbonyl (C=O) groups excluding carboxylic acids is 1. The maximum Gasteiger partial charge on any atom is 0.345 e. The highest BCUT2D eigenvalue weighted by Crippen LogP contribution is 2.27. The molecule has 2 heterocycles. The van der Waals surface area contributed by atoms with Crippen molar-refractivity contribution in [3.63, 3.8) is 0 Å². The molecule has 23 heavy (non-hydrogen) atoms. The molecule has 0 unspecified atom stereocenters. The Balaban J connectivity index is 1.99. The molecule has 3 rings (SSSR count). The standard InChI is InChI=1S/C17H15ClN2O3/c1-2-22-17(21)15-13-9-6-10-14(18)20(13)19-16(15)23-11-12-7-4-3-5-8-12/h3-10H,2,11H2,1H3. The summed E-state index contributed by atoms with van der Waals surface area (Å²) in [7, 11) is 0. The lowest BCUT2D eigenvalue weighted by Gasteiger charge is -2.05. The highest BCUT2D eigenvalue weighted by Gasteiger charge is 2.23. The van der Waals surface area contributed by atoms with E-state index in [9.17, 15) is 4.79 Å². The van der Waals surface area contributed by atoms with Gasteiger partial charge in [0.05, 0.1) is 12.1 Å². The van der Waals surface area contributed by atoms with Crippen molar-refractivity contribution in [3.8, 4) is 5.88 Å². The van der Waals surface area contributed by atoms with Gasteiger partial charge in [0.1, 0.15) is 17.3 Å². The molecule has 0 N–H and O–H groups in total. The Morgan fingerprint density at radius 2 is 1.96 bits per heavy atom. The van der Waals surface area contributed by atoms with E-state index in [-0.39, 0.29) is 18.1 Å². The van der Waals surface area contributed by atoms with E-state index in [1.54, 1.807) is 25.1 Å². The fourth-order valence-corrected chi connectivity index (χ4v) is 2.44. The molecule has 6 heteroatoms. The van der Waals surface area contributed by atoms with Gasteiger partial charge in [0.2, 0.25) is 5.88 Å². The minimum Gasteiger partial charge on any atom is -0.471 e. The Morgan fingerprint density at radius 1 is 1.17 bits per heavy atom. The minimum atomic E-state index is -0.479. The van der Waals surface area contributed by atoms with Crippen LogP contribution in [-0.2, 0) is 11.3 Å². The first-order valence-corrected chi connectivity index (χ1v) is 7.59. The van der Waals surface area contributed by atoms with E-state index in [2.05, 4.69) is 5.10 Å². The van der Waals surface area contributed by atoms with E-state index in [0.717, 1.165) is 5.56 Å². The second-order valence-corrected chi connectivity index (χ2v) is 5.21. The fourth-order valence-electron chi connectivity index (χ4n) is 2.24. The largest absolute Gasteiger partial charge is 0.471 e. The maximum absolute atomic E-state index is 12.3. The highest BCUT2D eigenvalue weighted by molar-refractivity contribution is 6.29. The fraction of sp³-hybridized carbons (Fsp3) is 0.176. The smallest absolute Gasteiger partial charge is 0.345 e. The molecule has 0 fully saturated rings. The summed E-state index contributed by atoms with van der Waals surface area (Å²) in [5, 5.41) is 4.68. The van der Waals surface area contributed by atoms with Gasteiger partial charge in [-0.3, -0.25) is 0 Å². The molecule has 0 aliphatic carbocycles. The molecule has 0 bridgehead atoms. The Bertz CT molecular complexity index is 830. The lowest BCUT2D eigenvalue weighted by atomic mass is 10.2. The number of carbonyl (C=O) groups is 1. The van der Waals surface area contributed by atoms with Crippen LogP contribution in [-0.4, -0.2) is 22.2 Å². The summed E-state index contributed by atoms with van der Waals surface area (Å²) in [6.07, 6.45) is 0. The summed E-state index contributed by atoms with van der Waals surface area (Å²) in [5.41, 5.74) is 1.81. The number of rotatable bonds is 5. The number of esters is 1. The average molecular weight is 331 g/mol. The minimum absolute atomic E-state index is 0.209. The van der Waals surface area contributed by atoms with Gasteiger partial charge in [-0.1, -0.05) is 48.0 Å². The van der Waals surface area contributed by atoms with Crippen LogP contribution in [0.2, 0.25) is 5.15 Å². The highest BCUT2D eigenvalue weighted by atomic mass is 35.5. The molecule has 3 aromatic rings. The number of hydrogen-bond donors (Lipinski definition) is 0. The molecule has 0 spiro atoms. The topological polar surface area (TPSA) is 52.8 Å². The van der Waals surface area contributed by atoms with Crippen LogP contribution in [0, 0.1) is 0 Å². The third-order valence-corrected chi connectivity index (χ3v) is 3.56. The van der Waals surface area contributed by atoms with E-state index >= 15 is 0 Å². The SMILES string of the molecule is CCOC(=O)c1c(OCc2ccccc2)nn2c(Cl)cccc12. The van der Waals surface area contributed by atoms with Crippen molar-refractivity contribution in [2.75, 3.05) is 6.61 Å². The summed E-state index contributed by atoms with van der Waals surface area (Å²) in [5.74, 6) is -0.270. The summed E-state index contributed by atoms with van der Waals surface area (Å²) in [4.78, 5) is 12.3. The number of ether oxygens (including phenoxy) is 2. The number of fused-ring (bicyclic) bond motifs is 1. The molecule has 5 nitrogen and oxygen atoms in total. The molecule has 0 aliphatic rings. The van der Waals surface area contributed by atoms with E-state index < -0.39 is 5.97 Å². The van der Waals surface area contributed by atoms with Crippen molar-refractivity contribution in [1.29, 1.82) is 0 Å². The third-order valence-electron chi connectivity index (χ3n) is 3.28. The summed E-state index contributed by atoms with van der Waals surface area (Å²) in [6, 6.07) is 14.8. The second-order valence-electron chi connectivity index (χ2n) is 4.82. The molecule has 1 aromatic carbocycles. The van der Waals surface area contributed by atoms with Gasteiger partial charge in [0.15, 0.2) is 0 Å². The second kappa shape index (κ2) is 6.71. The normalized spacial score (nSPS) is 10.7. The van der Waals surface area contributed by atoms with Crippen LogP contribution in [0.15, 0.2) is 48.5 Å². The molecule has 0 saturated carbocycles. The van der Waals surface area contributed by atoms with Crippen LogP contribution >= 0.6 is 11.6 Å².